The van der Waals surface area contributed by atoms with Gasteiger partial charge in [0.05, 0.1) is 16.9 Å². The third kappa shape index (κ3) is 6.80. The topological polar surface area (TPSA) is 47.9 Å². The molecule has 1 amide bonds. The van der Waals surface area contributed by atoms with Gasteiger partial charge in [0, 0.05) is 37.6 Å². The third-order valence-corrected chi connectivity index (χ3v) is 7.01. The first-order valence-electron chi connectivity index (χ1n) is 12.3. The lowest BCUT2D eigenvalue weighted by atomic mass is 9.90. The first-order chi connectivity index (χ1) is 17.0. The van der Waals surface area contributed by atoms with Crippen molar-refractivity contribution in [2.24, 2.45) is 10.9 Å². The minimum absolute atomic E-state index is 0.0793. The highest BCUT2D eigenvalue weighted by molar-refractivity contribution is 6.09. The van der Waals surface area contributed by atoms with Crippen LogP contribution in [0.2, 0.25) is 0 Å². The number of piperidine rings is 1. The molecular weight excluding hydrogens is 486 g/mol. The fourth-order valence-corrected chi connectivity index (χ4v) is 5.07. The number of aliphatic imine (C=N–C) groups is 1. The van der Waals surface area contributed by atoms with Crippen molar-refractivity contribution in [3.8, 4) is 0 Å². The second kappa shape index (κ2) is 10.8. The molecule has 0 aliphatic carbocycles. The van der Waals surface area contributed by atoms with Crippen molar-refractivity contribution in [1.82, 2.24) is 4.90 Å². The van der Waals surface area contributed by atoms with Crippen molar-refractivity contribution in [3.63, 3.8) is 0 Å². The molecule has 0 bridgehead atoms. The predicted molar refractivity (Wildman–Crippen MR) is 126 cm³/mol. The number of alkyl halides is 6. The van der Waals surface area contributed by atoms with Crippen LogP contribution in [0.15, 0.2) is 35.0 Å². The number of allylic oxidation sites excluding steroid dienone is 1. The van der Waals surface area contributed by atoms with Gasteiger partial charge in [-0.1, -0.05) is 0 Å². The normalized spacial score (nSPS) is 20.0. The SMILES string of the molecule is O=C(Nc1cc(C(F)(F)F)ccc1N1CCCC1)C1=CCC(C2CCN(CCCC(F)(F)F)CC2)=N1. The maximum absolute atomic E-state index is 13.3. The summed E-state index contributed by atoms with van der Waals surface area (Å²) in [5.74, 6) is -0.409. The van der Waals surface area contributed by atoms with Gasteiger partial charge in [0.1, 0.15) is 5.70 Å². The van der Waals surface area contributed by atoms with Gasteiger partial charge in [-0.15, -0.1) is 0 Å². The Balaban J connectivity index is 1.36. The summed E-state index contributed by atoms with van der Waals surface area (Å²) in [6.07, 6.45) is -3.81. The van der Waals surface area contributed by atoms with Gasteiger partial charge in [-0.3, -0.25) is 9.79 Å². The predicted octanol–water partition coefficient (Wildman–Crippen LogP) is 6.03. The number of carbonyl (C=O) groups is 1. The van der Waals surface area contributed by atoms with Crippen LogP contribution in [0, 0.1) is 5.92 Å². The highest BCUT2D eigenvalue weighted by Crippen LogP contribution is 2.37. The minimum atomic E-state index is -4.53. The zero-order valence-electron chi connectivity index (χ0n) is 19.9. The minimum Gasteiger partial charge on any atom is -0.370 e. The summed E-state index contributed by atoms with van der Waals surface area (Å²) in [6, 6.07) is 3.41. The molecule has 2 fully saturated rings. The number of benzene rings is 1. The number of hydrogen-bond donors (Lipinski definition) is 1. The van der Waals surface area contributed by atoms with E-state index in [1.165, 1.54) is 6.07 Å². The van der Waals surface area contributed by atoms with Crippen LogP contribution in [0.5, 0.6) is 0 Å². The van der Waals surface area contributed by atoms with Gasteiger partial charge < -0.3 is 15.1 Å². The molecule has 1 aromatic rings. The number of nitrogens with one attached hydrogen (secondary N) is 1. The first-order valence-corrected chi connectivity index (χ1v) is 12.3. The number of hydrogen-bond acceptors (Lipinski definition) is 4. The van der Waals surface area contributed by atoms with Gasteiger partial charge in [0.2, 0.25) is 0 Å². The number of amides is 1. The summed E-state index contributed by atoms with van der Waals surface area (Å²) in [4.78, 5) is 21.4. The quantitative estimate of drug-likeness (QED) is 0.451. The van der Waals surface area contributed by atoms with E-state index in [4.69, 9.17) is 0 Å². The van der Waals surface area contributed by atoms with Crippen molar-refractivity contribution in [2.45, 2.75) is 57.3 Å². The molecule has 0 aromatic heterocycles. The second-order valence-corrected chi connectivity index (χ2v) is 9.61. The first kappa shape index (κ1) is 26.5. The summed E-state index contributed by atoms with van der Waals surface area (Å²) in [5.41, 5.74) is 0.886. The van der Waals surface area contributed by atoms with Crippen molar-refractivity contribution < 1.29 is 31.1 Å². The van der Waals surface area contributed by atoms with E-state index in [0.29, 0.717) is 44.8 Å². The van der Waals surface area contributed by atoms with Gasteiger partial charge in [0.15, 0.2) is 0 Å². The van der Waals surface area contributed by atoms with E-state index in [0.717, 1.165) is 43.5 Å². The van der Waals surface area contributed by atoms with Crippen molar-refractivity contribution >= 4 is 23.0 Å². The molecule has 0 spiro atoms. The third-order valence-electron chi connectivity index (χ3n) is 7.01. The molecule has 5 nitrogen and oxygen atoms in total. The van der Waals surface area contributed by atoms with Gasteiger partial charge in [0.25, 0.3) is 5.91 Å². The molecule has 1 aromatic carbocycles. The molecule has 3 aliphatic heterocycles. The number of nitrogens with zero attached hydrogens (tertiary/aromatic N) is 3. The maximum atomic E-state index is 13.3. The van der Waals surface area contributed by atoms with Crippen molar-refractivity contribution in [2.75, 3.05) is 42.9 Å². The Bertz CT molecular complexity index is 1000. The molecule has 3 heterocycles. The van der Waals surface area contributed by atoms with Crippen LogP contribution < -0.4 is 10.2 Å². The molecule has 198 valence electrons. The largest absolute Gasteiger partial charge is 0.416 e. The van der Waals surface area contributed by atoms with Gasteiger partial charge in [-0.05, 0) is 76.0 Å². The van der Waals surface area contributed by atoms with Crippen molar-refractivity contribution in [3.05, 3.63) is 35.5 Å². The Hall–Kier alpha value is -2.56. The van der Waals surface area contributed by atoms with Crippen LogP contribution in [0.4, 0.5) is 37.7 Å². The van der Waals surface area contributed by atoms with Crippen LogP contribution in [-0.2, 0) is 11.0 Å². The number of rotatable bonds is 7. The Kier molecular flexibility index (Phi) is 7.96. The van der Waals surface area contributed by atoms with E-state index in [2.05, 4.69) is 10.3 Å². The zero-order chi connectivity index (χ0) is 25.9. The molecular formula is C25H30F6N4O. The molecule has 0 radical (unpaired) electrons. The smallest absolute Gasteiger partial charge is 0.370 e. The van der Waals surface area contributed by atoms with Crippen LogP contribution in [-0.4, -0.2) is 55.4 Å². The zero-order valence-corrected chi connectivity index (χ0v) is 19.9. The lowest BCUT2D eigenvalue weighted by Gasteiger charge is -2.32. The fraction of sp³-hybridized carbons (Fsp3) is 0.600. The van der Waals surface area contributed by atoms with E-state index in [-0.39, 0.29) is 23.7 Å². The molecule has 2 saturated heterocycles. The van der Waals surface area contributed by atoms with Crippen LogP contribution >= 0.6 is 0 Å². The highest BCUT2D eigenvalue weighted by atomic mass is 19.4. The van der Waals surface area contributed by atoms with Crippen LogP contribution in [0.25, 0.3) is 0 Å². The van der Waals surface area contributed by atoms with Crippen LogP contribution in [0.3, 0.4) is 0 Å². The Morgan fingerprint density at radius 1 is 1.03 bits per heavy atom. The number of halogens is 6. The number of anilines is 2. The van der Waals surface area contributed by atoms with E-state index in [1.54, 1.807) is 6.08 Å². The molecule has 0 saturated carbocycles. The highest BCUT2D eigenvalue weighted by Gasteiger charge is 2.33. The molecule has 36 heavy (non-hydrogen) atoms. The lowest BCUT2D eigenvalue weighted by Crippen LogP contribution is -2.37. The Labute approximate surface area is 206 Å². The summed E-state index contributed by atoms with van der Waals surface area (Å²) >= 11 is 0. The summed E-state index contributed by atoms with van der Waals surface area (Å²) in [6.45, 7) is 3.18. The maximum Gasteiger partial charge on any atom is 0.416 e. The monoisotopic (exact) mass is 516 g/mol. The Morgan fingerprint density at radius 2 is 1.72 bits per heavy atom. The van der Waals surface area contributed by atoms with Gasteiger partial charge >= 0.3 is 12.4 Å². The summed E-state index contributed by atoms with van der Waals surface area (Å²) < 4.78 is 77.0. The molecule has 11 heteroatoms. The second-order valence-electron chi connectivity index (χ2n) is 9.61. The number of carbonyl (C=O) groups excluding carboxylic acids is 1. The molecule has 4 rings (SSSR count). The lowest BCUT2D eigenvalue weighted by molar-refractivity contribution is -0.138. The van der Waals surface area contributed by atoms with Gasteiger partial charge in [-0.2, -0.15) is 26.3 Å². The van der Waals surface area contributed by atoms with Crippen molar-refractivity contribution in [1.29, 1.82) is 0 Å². The van der Waals surface area contributed by atoms with E-state index in [1.807, 2.05) is 9.80 Å². The van der Waals surface area contributed by atoms with E-state index >= 15 is 0 Å². The van der Waals surface area contributed by atoms with E-state index < -0.39 is 30.2 Å². The molecule has 0 unspecified atom stereocenters. The average molecular weight is 517 g/mol. The molecule has 0 atom stereocenters. The van der Waals surface area contributed by atoms with Gasteiger partial charge in [-0.25, -0.2) is 0 Å². The van der Waals surface area contributed by atoms with E-state index in [9.17, 15) is 31.1 Å². The summed E-state index contributed by atoms with van der Waals surface area (Å²) in [5, 5.41) is 2.65. The Morgan fingerprint density at radius 3 is 2.36 bits per heavy atom. The van der Waals surface area contributed by atoms with Crippen LogP contribution in [0.1, 0.15) is 50.5 Å². The average Bonchev–Trinajstić information content (AvgIpc) is 3.51. The molecule has 3 aliphatic rings. The number of likely N-dealkylation sites (tertiary alicyclic amines) is 1. The molecule has 1 N–H and O–H groups in total. The standard InChI is InChI=1S/C25H30F6N4O/c26-24(27,28)10-3-11-34-14-8-17(9-15-34)19-5-6-20(32-19)23(36)33-21-16-18(25(29,30)31)4-7-22(21)35-12-1-2-13-35/h4,6-7,16-17H,1-3,5,8-15H2,(H,33,36). The fourth-order valence-electron chi connectivity index (χ4n) is 5.07. The summed E-state index contributed by atoms with van der Waals surface area (Å²) in [7, 11) is 0.